The van der Waals surface area contributed by atoms with Gasteiger partial charge in [0.1, 0.15) is 0 Å². The first-order chi connectivity index (χ1) is 12.5. The molecule has 0 aromatic heterocycles. The van der Waals surface area contributed by atoms with Crippen molar-refractivity contribution in [1.29, 1.82) is 0 Å². The van der Waals surface area contributed by atoms with Gasteiger partial charge in [0.05, 0.1) is 11.3 Å². The van der Waals surface area contributed by atoms with Gasteiger partial charge in [-0.15, -0.1) is 0 Å². The van der Waals surface area contributed by atoms with Crippen molar-refractivity contribution in [3.63, 3.8) is 0 Å². The third-order valence-electron chi connectivity index (χ3n) is 3.79. The Kier molecular flexibility index (Phi) is 5.49. The van der Waals surface area contributed by atoms with Crippen LogP contribution in [0.4, 0.5) is 5.69 Å². The first-order valence-corrected chi connectivity index (χ1v) is 8.77. The van der Waals surface area contributed by atoms with Crippen LogP contribution in [0.25, 0.3) is 0 Å². The summed E-state index contributed by atoms with van der Waals surface area (Å²) in [6.07, 6.45) is 0. The summed E-state index contributed by atoms with van der Waals surface area (Å²) in [5.74, 6) is -0.443. The largest absolute Gasteiger partial charge is 0.421 e. The van der Waals surface area contributed by atoms with Crippen LogP contribution in [-0.2, 0) is 0 Å². The summed E-state index contributed by atoms with van der Waals surface area (Å²) in [5.41, 5.74) is 2.23. The van der Waals surface area contributed by atoms with E-state index in [1.807, 2.05) is 19.1 Å². The van der Waals surface area contributed by atoms with Gasteiger partial charge in [0.25, 0.3) is 5.91 Å². The van der Waals surface area contributed by atoms with E-state index < -0.39 is 5.97 Å². The smallest absolute Gasteiger partial charge is 0.343 e. The number of ether oxygens (including phenoxy) is 1. The van der Waals surface area contributed by atoms with Gasteiger partial charge < -0.3 is 10.1 Å². The van der Waals surface area contributed by atoms with E-state index >= 15 is 0 Å². The molecule has 0 aliphatic heterocycles. The van der Waals surface area contributed by atoms with Crippen LogP contribution >= 0.6 is 15.9 Å². The Morgan fingerprint density at radius 1 is 0.846 bits per heavy atom. The Morgan fingerprint density at radius 3 is 2.23 bits per heavy atom. The van der Waals surface area contributed by atoms with Crippen LogP contribution in [-0.4, -0.2) is 11.9 Å². The molecule has 0 unspecified atom stereocenters. The summed E-state index contributed by atoms with van der Waals surface area (Å²) in [7, 11) is 0. The number of nitrogens with one attached hydrogen (secondary N) is 1. The van der Waals surface area contributed by atoms with Crippen molar-refractivity contribution in [3.8, 4) is 5.75 Å². The summed E-state index contributed by atoms with van der Waals surface area (Å²) in [5, 5.41) is 2.84. The van der Waals surface area contributed by atoms with Gasteiger partial charge in [-0.05, 0) is 55.0 Å². The van der Waals surface area contributed by atoms with Crippen molar-refractivity contribution in [3.05, 3.63) is 94.0 Å². The summed E-state index contributed by atoms with van der Waals surface area (Å²) in [6.45, 7) is 1.84. The Balaban J connectivity index is 1.84. The Bertz CT molecular complexity index is 937. The number of carbonyl (C=O) groups excluding carboxylic acids is 2. The van der Waals surface area contributed by atoms with Crippen molar-refractivity contribution in [2.75, 3.05) is 5.32 Å². The Hall–Kier alpha value is -2.92. The third-order valence-corrected chi connectivity index (χ3v) is 4.32. The van der Waals surface area contributed by atoms with E-state index in [-0.39, 0.29) is 5.91 Å². The van der Waals surface area contributed by atoms with E-state index in [1.165, 1.54) is 0 Å². The van der Waals surface area contributed by atoms with Crippen molar-refractivity contribution in [1.82, 2.24) is 0 Å². The second-order valence-electron chi connectivity index (χ2n) is 5.66. The van der Waals surface area contributed by atoms with Crippen LogP contribution in [0.1, 0.15) is 26.3 Å². The quantitative estimate of drug-likeness (QED) is 0.474. The molecule has 3 aromatic rings. The van der Waals surface area contributed by atoms with E-state index in [4.69, 9.17) is 4.74 Å². The van der Waals surface area contributed by atoms with Gasteiger partial charge in [0, 0.05) is 10.0 Å². The molecule has 3 aromatic carbocycles. The van der Waals surface area contributed by atoms with Gasteiger partial charge in [-0.25, -0.2) is 4.79 Å². The van der Waals surface area contributed by atoms with Crippen LogP contribution < -0.4 is 10.1 Å². The van der Waals surface area contributed by atoms with E-state index in [0.717, 1.165) is 10.0 Å². The van der Waals surface area contributed by atoms with Gasteiger partial charge in [0.15, 0.2) is 5.75 Å². The molecule has 0 atom stereocenters. The first-order valence-electron chi connectivity index (χ1n) is 7.98. The lowest BCUT2D eigenvalue weighted by Gasteiger charge is -2.14. The second-order valence-corrected chi connectivity index (χ2v) is 6.58. The zero-order valence-corrected chi connectivity index (χ0v) is 15.6. The summed E-state index contributed by atoms with van der Waals surface area (Å²) in [6, 6.07) is 21.0. The number of rotatable bonds is 4. The summed E-state index contributed by atoms with van der Waals surface area (Å²) in [4.78, 5) is 24.8. The van der Waals surface area contributed by atoms with E-state index in [0.29, 0.717) is 22.6 Å². The molecule has 4 nitrogen and oxygen atoms in total. The SMILES string of the molecule is Cc1cccc(OC(=O)c2ccc(Br)cc2)c1NC(=O)c1ccccc1. The minimum absolute atomic E-state index is 0.263. The fraction of sp³-hybridized carbons (Fsp3) is 0.0476. The highest BCUT2D eigenvalue weighted by Gasteiger charge is 2.16. The molecule has 5 heteroatoms. The van der Waals surface area contributed by atoms with Gasteiger partial charge in [-0.1, -0.05) is 46.3 Å². The average molecular weight is 410 g/mol. The summed E-state index contributed by atoms with van der Waals surface area (Å²) < 4.78 is 6.40. The number of para-hydroxylation sites is 1. The molecule has 0 radical (unpaired) electrons. The maximum absolute atomic E-state index is 12.5. The fourth-order valence-electron chi connectivity index (χ4n) is 2.41. The Labute approximate surface area is 159 Å². The lowest BCUT2D eigenvalue weighted by Crippen LogP contribution is -2.15. The molecular formula is C21H16BrNO3. The molecule has 0 heterocycles. The maximum atomic E-state index is 12.5. The predicted molar refractivity (Wildman–Crippen MR) is 105 cm³/mol. The lowest BCUT2D eigenvalue weighted by atomic mass is 10.1. The number of aryl methyl sites for hydroxylation is 1. The molecule has 0 aliphatic rings. The van der Waals surface area contributed by atoms with Crippen molar-refractivity contribution >= 4 is 33.5 Å². The molecule has 0 bridgehead atoms. The van der Waals surface area contributed by atoms with E-state index in [9.17, 15) is 9.59 Å². The molecule has 0 aliphatic carbocycles. The van der Waals surface area contributed by atoms with Crippen LogP contribution in [0.15, 0.2) is 77.3 Å². The molecular weight excluding hydrogens is 394 g/mol. The molecule has 1 amide bonds. The number of amides is 1. The number of esters is 1. The normalized spacial score (nSPS) is 10.2. The molecule has 1 N–H and O–H groups in total. The number of halogens is 1. The van der Waals surface area contributed by atoms with E-state index in [2.05, 4.69) is 21.2 Å². The fourth-order valence-corrected chi connectivity index (χ4v) is 2.67. The molecule has 130 valence electrons. The zero-order valence-electron chi connectivity index (χ0n) is 14.0. The first kappa shape index (κ1) is 17.9. The number of anilines is 1. The number of hydrogen-bond acceptors (Lipinski definition) is 3. The van der Waals surface area contributed by atoms with Gasteiger partial charge in [-0.2, -0.15) is 0 Å². The summed E-state index contributed by atoms with van der Waals surface area (Å²) >= 11 is 3.33. The van der Waals surface area contributed by atoms with Crippen molar-refractivity contribution in [2.24, 2.45) is 0 Å². The average Bonchev–Trinajstić information content (AvgIpc) is 2.65. The molecule has 0 saturated carbocycles. The Morgan fingerprint density at radius 2 is 1.54 bits per heavy atom. The topological polar surface area (TPSA) is 55.4 Å². The number of carbonyl (C=O) groups is 2. The predicted octanol–water partition coefficient (Wildman–Crippen LogP) is 5.23. The van der Waals surface area contributed by atoms with E-state index in [1.54, 1.807) is 60.7 Å². The standard InChI is InChI=1S/C21H16BrNO3/c1-14-6-5-9-18(26-21(25)16-10-12-17(22)13-11-16)19(14)23-20(24)15-7-3-2-4-8-15/h2-13H,1H3,(H,23,24). The zero-order chi connectivity index (χ0) is 18.5. The highest BCUT2D eigenvalue weighted by Crippen LogP contribution is 2.29. The van der Waals surface area contributed by atoms with Crippen molar-refractivity contribution in [2.45, 2.75) is 6.92 Å². The van der Waals surface area contributed by atoms with Crippen LogP contribution in [0.3, 0.4) is 0 Å². The molecule has 0 saturated heterocycles. The van der Waals surface area contributed by atoms with Gasteiger partial charge in [0.2, 0.25) is 0 Å². The molecule has 3 rings (SSSR count). The molecule has 0 spiro atoms. The lowest BCUT2D eigenvalue weighted by molar-refractivity contribution is 0.0734. The van der Waals surface area contributed by atoms with Crippen LogP contribution in [0.2, 0.25) is 0 Å². The maximum Gasteiger partial charge on any atom is 0.343 e. The third kappa shape index (κ3) is 4.18. The molecule has 26 heavy (non-hydrogen) atoms. The molecule has 0 fully saturated rings. The van der Waals surface area contributed by atoms with Gasteiger partial charge >= 0.3 is 5.97 Å². The number of benzene rings is 3. The minimum atomic E-state index is -0.488. The van der Waals surface area contributed by atoms with Crippen LogP contribution in [0, 0.1) is 6.92 Å². The van der Waals surface area contributed by atoms with Crippen LogP contribution in [0.5, 0.6) is 5.75 Å². The minimum Gasteiger partial charge on any atom is -0.421 e. The monoisotopic (exact) mass is 409 g/mol. The second kappa shape index (κ2) is 7.97. The highest BCUT2D eigenvalue weighted by molar-refractivity contribution is 9.10. The van der Waals surface area contributed by atoms with Gasteiger partial charge in [-0.3, -0.25) is 4.79 Å². The van der Waals surface area contributed by atoms with Crippen molar-refractivity contribution < 1.29 is 14.3 Å². The highest BCUT2D eigenvalue weighted by atomic mass is 79.9. The number of hydrogen-bond donors (Lipinski definition) is 1.